The Balaban J connectivity index is 2.45. The molecule has 2 aromatic carbocycles. The number of carbonyl (C=O) groups excluding carboxylic acids is 1. The molecule has 2 aromatic rings. The van der Waals surface area contributed by atoms with E-state index >= 15 is 0 Å². The average molecular weight is 272 g/mol. The second kappa shape index (κ2) is 6.06. The summed E-state index contributed by atoms with van der Waals surface area (Å²) >= 11 is 0. The normalized spacial score (nSPS) is 14.0. The van der Waals surface area contributed by atoms with Crippen LogP contribution in [0.1, 0.15) is 38.9 Å². The summed E-state index contributed by atoms with van der Waals surface area (Å²) in [7, 11) is 0. The Morgan fingerprint density at radius 1 is 1.15 bits per heavy atom. The van der Waals surface area contributed by atoms with Gasteiger partial charge in [0.1, 0.15) is 5.75 Å². The number of ether oxygens (including phenoxy) is 1. The number of hydrogen-bond acceptors (Lipinski definition) is 3. The summed E-state index contributed by atoms with van der Waals surface area (Å²) in [4.78, 5) is 11.9. The molecule has 2 unspecified atom stereocenters. The van der Waals surface area contributed by atoms with Crippen LogP contribution in [-0.4, -0.2) is 11.1 Å². The third-order valence-electron chi connectivity index (χ3n) is 3.59. The molecule has 0 aromatic heterocycles. The van der Waals surface area contributed by atoms with E-state index in [1.807, 2.05) is 44.2 Å². The van der Waals surface area contributed by atoms with Crippen molar-refractivity contribution in [1.82, 2.24) is 0 Å². The van der Waals surface area contributed by atoms with Gasteiger partial charge in [0, 0.05) is 5.39 Å². The van der Waals surface area contributed by atoms with Gasteiger partial charge in [-0.25, -0.2) is 0 Å². The summed E-state index contributed by atoms with van der Waals surface area (Å²) in [5.41, 5.74) is 0.837. The van der Waals surface area contributed by atoms with Crippen molar-refractivity contribution in [3.63, 3.8) is 0 Å². The Hall–Kier alpha value is -1.87. The molecule has 0 radical (unpaired) electrons. The monoisotopic (exact) mass is 272 g/mol. The van der Waals surface area contributed by atoms with Crippen LogP contribution in [0.2, 0.25) is 0 Å². The molecule has 106 valence electrons. The van der Waals surface area contributed by atoms with Crippen molar-refractivity contribution < 1.29 is 14.6 Å². The van der Waals surface area contributed by atoms with E-state index in [2.05, 4.69) is 0 Å². The smallest absolute Gasteiger partial charge is 0.314 e. The van der Waals surface area contributed by atoms with Crippen LogP contribution in [0.25, 0.3) is 10.8 Å². The molecule has 0 spiro atoms. The molecule has 0 bridgehead atoms. The molecule has 3 heteroatoms. The molecular weight excluding hydrogens is 252 g/mol. The van der Waals surface area contributed by atoms with E-state index in [0.717, 1.165) is 22.8 Å². The molecule has 0 heterocycles. The molecule has 2 rings (SSSR count). The largest absolute Gasteiger partial charge is 0.426 e. The van der Waals surface area contributed by atoms with Crippen molar-refractivity contribution in [2.45, 2.75) is 33.3 Å². The van der Waals surface area contributed by atoms with Crippen LogP contribution in [0, 0.1) is 5.92 Å². The second-order valence-corrected chi connectivity index (χ2v) is 5.10. The maximum atomic E-state index is 11.9. The molecule has 0 saturated heterocycles. The van der Waals surface area contributed by atoms with Crippen LogP contribution in [-0.2, 0) is 4.79 Å². The number of rotatable bonds is 4. The Bertz CT molecular complexity index is 617. The van der Waals surface area contributed by atoms with Gasteiger partial charge in [-0.15, -0.1) is 0 Å². The number of carbonyl (C=O) groups is 1. The van der Waals surface area contributed by atoms with E-state index in [4.69, 9.17) is 4.74 Å². The van der Waals surface area contributed by atoms with Crippen LogP contribution in [0.3, 0.4) is 0 Å². The number of fused-ring (bicyclic) bond motifs is 1. The highest BCUT2D eigenvalue weighted by Gasteiger charge is 2.15. The third kappa shape index (κ3) is 2.83. The molecule has 1 N–H and O–H groups in total. The van der Waals surface area contributed by atoms with E-state index in [1.165, 1.54) is 0 Å². The molecule has 0 aliphatic rings. The zero-order chi connectivity index (χ0) is 14.7. The van der Waals surface area contributed by atoms with Crippen LogP contribution in [0.4, 0.5) is 0 Å². The lowest BCUT2D eigenvalue weighted by Gasteiger charge is -2.14. The maximum Gasteiger partial charge on any atom is 0.314 e. The first-order chi connectivity index (χ1) is 9.54. The first-order valence-corrected chi connectivity index (χ1v) is 6.96. The van der Waals surface area contributed by atoms with Crippen molar-refractivity contribution in [2.75, 3.05) is 0 Å². The lowest BCUT2D eigenvalue weighted by Crippen LogP contribution is -2.17. The summed E-state index contributed by atoms with van der Waals surface area (Å²) in [5.74, 6) is 0.211. The molecule has 0 aliphatic heterocycles. The van der Waals surface area contributed by atoms with Gasteiger partial charge in [0.15, 0.2) is 0 Å². The topological polar surface area (TPSA) is 46.5 Å². The molecule has 2 atom stereocenters. The van der Waals surface area contributed by atoms with Gasteiger partial charge in [-0.05, 0) is 30.4 Å². The minimum atomic E-state index is -0.556. The lowest BCUT2D eigenvalue weighted by molar-refractivity contribution is -0.138. The van der Waals surface area contributed by atoms with Gasteiger partial charge in [0.2, 0.25) is 0 Å². The fourth-order valence-corrected chi connectivity index (χ4v) is 2.13. The van der Waals surface area contributed by atoms with Gasteiger partial charge in [-0.2, -0.15) is 0 Å². The molecule has 0 saturated carbocycles. The van der Waals surface area contributed by atoms with Gasteiger partial charge in [-0.1, -0.05) is 44.2 Å². The predicted molar refractivity (Wildman–Crippen MR) is 79.7 cm³/mol. The fraction of sp³-hybridized carbons (Fsp3) is 0.353. The molecular formula is C17H20O3. The van der Waals surface area contributed by atoms with Gasteiger partial charge in [0.05, 0.1) is 12.0 Å². The minimum Gasteiger partial charge on any atom is -0.426 e. The molecule has 20 heavy (non-hydrogen) atoms. The van der Waals surface area contributed by atoms with Crippen molar-refractivity contribution in [2.24, 2.45) is 5.92 Å². The van der Waals surface area contributed by atoms with Gasteiger partial charge >= 0.3 is 5.97 Å². The van der Waals surface area contributed by atoms with Crippen LogP contribution < -0.4 is 4.74 Å². The quantitative estimate of drug-likeness (QED) is 0.679. The Morgan fingerprint density at radius 2 is 1.80 bits per heavy atom. The highest BCUT2D eigenvalue weighted by molar-refractivity contribution is 5.93. The zero-order valence-corrected chi connectivity index (χ0v) is 12.1. The maximum absolute atomic E-state index is 11.9. The van der Waals surface area contributed by atoms with Crippen molar-refractivity contribution in [3.8, 4) is 5.75 Å². The number of aliphatic hydroxyl groups is 1. The molecule has 0 aliphatic carbocycles. The highest BCUT2D eigenvalue weighted by atomic mass is 16.5. The van der Waals surface area contributed by atoms with Crippen molar-refractivity contribution in [1.29, 1.82) is 0 Å². The zero-order valence-electron chi connectivity index (χ0n) is 12.1. The Kier molecular flexibility index (Phi) is 4.40. The Labute approximate surface area is 119 Å². The summed E-state index contributed by atoms with van der Waals surface area (Å²) in [6, 6.07) is 11.2. The highest BCUT2D eigenvalue weighted by Crippen LogP contribution is 2.31. The molecule has 3 nitrogen and oxygen atoms in total. The average Bonchev–Trinajstić information content (AvgIpc) is 2.45. The number of aliphatic hydroxyl groups excluding tert-OH is 1. The first kappa shape index (κ1) is 14.5. The van der Waals surface area contributed by atoms with Crippen LogP contribution in [0.15, 0.2) is 36.4 Å². The summed E-state index contributed by atoms with van der Waals surface area (Å²) in [6.07, 6.45) is 0.196. The molecule has 0 fully saturated rings. The first-order valence-electron chi connectivity index (χ1n) is 6.96. The van der Waals surface area contributed by atoms with Crippen LogP contribution in [0.5, 0.6) is 5.75 Å². The fourth-order valence-electron chi connectivity index (χ4n) is 2.13. The van der Waals surface area contributed by atoms with Gasteiger partial charge in [0.25, 0.3) is 0 Å². The van der Waals surface area contributed by atoms with Crippen molar-refractivity contribution >= 4 is 16.7 Å². The second-order valence-electron chi connectivity index (χ2n) is 5.10. The number of hydrogen-bond donors (Lipinski definition) is 1. The van der Waals surface area contributed by atoms with E-state index in [9.17, 15) is 9.90 Å². The Morgan fingerprint density at radius 3 is 2.45 bits per heavy atom. The standard InChI is InChI=1S/C17H20O3/c1-4-11(2)17(19)20-16-10-6-8-14-13(12(3)18)7-5-9-15(14)16/h5-12,18H,4H2,1-3H3. The van der Waals surface area contributed by atoms with Gasteiger partial charge < -0.3 is 9.84 Å². The summed E-state index contributed by atoms with van der Waals surface area (Å²) in [5, 5.41) is 11.6. The lowest BCUT2D eigenvalue weighted by atomic mass is 10.0. The van der Waals surface area contributed by atoms with E-state index < -0.39 is 6.10 Å². The summed E-state index contributed by atoms with van der Waals surface area (Å²) in [6.45, 7) is 5.54. The SMILES string of the molecule is CCC(C)C(=O)Oc1cccc2c(C(C)O)cccc12. The summed E-state index contributed by atoms with van der Waals surface area (Å²) < 4.78 is 5.49. The van der Waals surface area contributed by atoms with Crippen LogP contribution >= 0.6 is 0 Å². The van der Waals surface area contributed by atoms with E-state index in [-0.39, 0.29) is 11.9 Å². The number of esters is 1. The van der Waals surface area contributed by atoms with E-state index in [1.54, 1.807) is 13.0 Å². The van der Waals surface area contributed by atoms with Gasteiger partial charge in [-0.3, -0.25) is 4.79 Å². The molecule has 0 amide bonds. The minimum absolute atomic E-state index is 0.120. The number of benzene rings is 2. The third-order valence-corrected chi connectivity index (χ3v) is 3.59. The van der Waals surface area contributed by atoms with E-state index in [0.29, 0.717) is 5.75 Å². The van der Waals surface area contributed by atoms with Crippen molar-refractivity contribution in [3.05, 3.63) is 42.0 Å². The predicted octanol–water partition coefficient (Wildman–Crippen LogP) is 3.84.